The number of carbonyl (C=O) groups excluding carboxylic acids is 1. The molecule has 118 valence electrons. The number of benzene rings is 1. The van der Waals surface area contributed by atoms with Crippen LogP contribution in [0.4, 0.5) is 5.13 Å². The number of aromatic nitrogens is 3. The molecule has 0 unspecified atom stereocenters. The number of carbonyl (C=O) groups is 1. The Balaban J connectivity index is 1.44. The summed E-state index contributed by atoms with van der Waals surface area (Å²) in [6, 6.07) is 9.86. The van der Waals surface area contributed by atoms with Crippen LogP contribution in [0.5, 0.6) is 0 Å². The first-order chi connectivity index (χ1) is 11.8. The second-order valence-corrected chi connectivity index (χ2v) is 7.59. The van der Waals surface area contributed by atoms with Gasteiger partial charge in [-0.05, 0) is 29.7 Å². The third kappa shape index (κ3) is 3.25. The topological polar surface area (TPSA) is 67.8 Å². The first-order valence-electron chi connectivity index (χ1n) is 6.99. The minimum atomic E-state index is -0.248. The van der Waals surface area contributed by atoms with Gasteiger partial charge in [0.05, 0.1) is 10.2 Å². The molecule has 0 spiro atoms. The number of nitrogens with zero attached hydrogens (tertiary/aromatic N) is 3. The Labute approximate surface area is 149 Å². The van der Waals surface area contributed by atoms with Gasteiger partial charge in [0.25, 0.3) is 0 Å². The third-order valence-electron chi connectivity index (χ3n) is 3.11. The van der Waals surface area contributed by atoms with Crippen LogP contribution in [0.1, 0.15) is 5.01 Å². The number of anilines is 1. The number of hydrogen-bond donors (Lipinski definition) is 1. The van der Waals surface area contributed by atoms with E-state index in [0.717, 1.165) is 25.8 Å². The molecule has 0 fully saturated rings. The van der Waals surface area contributed by atoms with Crippen LogP contribution in [0.2, 0.25) is 0 Å². The number of thiophene rings is 1. The Kier molecular flexibility index (Phi) is 4.16. The highest BCUT2D eigenvalue weighted by molar-refractivity contribution is 7.19. The first-order valence-corrected chi connectivity index (χ1v) is 9.56. The number of nitrogens with one attached hydrogen (secondary N) is 1. The number of rotatable bonds is 4. The summed E-state index contributed by atoms with van der Waals surface area (Å²) in [5.41, 5.74) is 1.95. The summed E-state index contributed by atoms with van der Waals surface area (Å²) in [6.07, 6.45) is 3.17. The van der Waals surface area contributed by atoms with Crippen LogP contribution in [0, 0.1) is 0 Å². The largest absolute Gasteiger partial charge is 0.297 e. The van der Waals surface area contributed by atoms with Crippen LogP contribution in [-0.4, -0.2) is 21.1 Å². The fourth-order valence-corrected chi connectivity index (χ4v) is 4.36. The smallest absolute Gasteiger partial charge is 0.250 e. The predicted molar refractivity (Wildman–Crippen MR) is 101 cm³/mol. The van der Waals surface area contributed by atoms with E-state index < -0.39 is 0 Å². The van der Waals surface area contributed by atoms with E-state index in [0.29, 0.717) is 5.13 Å². The van der Waals surface area contributed by atoms with Crippen LogP contribution in [0.3, 0.4) is 0 Å². The highest BCUT2D eigenvalue weighted by atomic mass is 32.1. The summed E-state index contributed by atoms with van der Waals surface area (Å²) >= 11 is 4.50. The van der Waals surface area contributed by atoms with Gasteiger partial charge >= 0.3 is 0 Å². The zero-order valence-corrected chi connectivity index (χ0v) is 14.6. The van der Waals surface area contributed by atoms with Crippen molar-refractivity contribution in [2.45, 2.75) is 0 Å². The van der Waals surface area contributed by atoms with Crippen molar-refractivity contribution in [2.75, 3.05) is 5.32 Å². The second kappa shape index (κ2) is 6.60. The van der Waals surface area contributed by atoms with Crippen molar-refractivity contribution in [3.05, 3.63) is 52.2 Å². The lowest BCUT2D eigenvalue weighted by molar-refractivity contribution is -0.111. The molecule has 0 saturated carbocycles. The predicted octanol–water partition coefficient (Wildman–Crippen LogP) is 4.53. The number of para-hydroxylation sites is 1. The van der Waals surface area contributed by atoms with Gasteiger partial charge in [-0.3, -0.25) is 10.1 Å². The Morgan fingerprint density at radius 1 is 1.12 bits per heavy atom. The first kappa shape index (κ1) is 15.1. The van der Waals surface area contributed by atoms with Crippen molar-refractivity contribution in [3.8, 4) is 10.6 Å². The van der Waals surface area contributed by atoms with Gasteiger partial charge < -0.3 is 0 Å². The number of thiazole rings is 1. The molecule has 0 saturated heterocycles. The van der Waals surface area contributed by atoms with Crippen molar-refractivity contribution in [1.29, 1.82) is 0 Å². The molecule has 8 heteroatoms. The molecule has 1 aromatic carbocycles. The van der Waals surface area contributed by atoms with E-state index in [4.69, 9.17) is 0 Å². The number of hydrogen-bond acceptors (Lipinski definition) is 7. The van der Waals surface area contributed by atoms with Crippen LogP contribution in [0.25, 0.3) is 26.9 Å². The Morgan fingerprint density at radius 3 is 2.88 bits per heavy atom. The molecule has 1 N–H and O–H groups in total. The lowest BCUT2D eigenvalue weighted by Crippen LogP contribution is -2.07. The lowest BCUT2D eigenvalue weighted by Gasteiger charge is -1.93. The van der Waals surface area contributed by atoms with Crippen molar-refractivity contribution >= 4 is 61.3 Å². The molecule has 3 aromatic heterocycles. The molecular weight excluding hydrogens is 360 g/mol. The van der Waals surface area contributed by atoms with E-state index in [-0.39, 0.29) is 5.91 Å². The van der Waals surface area contributed by atoms with E-state index in [2.05, 4.69) is 20.5 Å². The molecular formula is C16H10N4OS3. The maximum atomic E-state index is 12.0. The SMILES string of the molecule is O=C(C=Cc1nc2ccccc2s1)Nc1nnc(-c2ccsc2)s1. The summed E-state index contributed by atoms with van der Waals surface area (Å²) in [6.45, 7) is 0. The van der Waals surface area contributed by atoms with Gasteiger partial charge in [0, 0.05) is 17.0 Å². The molecule has 4 rings (SSSR count). The highest BCUT2D eigenvalue weighted by Gasteiger charge is 2.08. The van der Waals surface area contributed by atoms with Crippen LogP contribution < -0.4 is 5.32 Å². The van der Waals surface area contributed by atoms with Gasteiger partial charge in [-0.25, -0.2) is 4.98 Å². The minimum Gasteiger partial charge on any atom is -0.297 e. The molecule has 1 amide bonds. The molecule has 0 atom stereocenters. The number of fused-ring (bicyclic) bond motifs is 1. The summed E-state index contributed by atoms with van der Waals surface area (Å²) in [5.74, 6) is -0.248. The maximum absolute atomic E-state index is 12.0. The molecule has 0 aliphatic rings. The van der Waals surface area contributed by atoms with Gasteiger partial charge in [-0.15, -0.1) is 21.5 Å². The summed E-state index contributed by atoms with van der Waals surface area (Å²) in [4.78, 5) is 16.5. The standard InChI is InChI=1S/C16H10N4OS3/c21-13(5-6-14-17-11-3-1-2-4-12(11)23-14)18-16-20-19-15(24-16)10-7-8-22-9-10/h1-9H,(H,18,20,21). The normalized spacial score (nSPS) is 11.3. The Bertz CT molecular complexity index is 984. The second-order valence-electron chi connectivity index (χ2n) is 4.77. The van der Waals surface area contributed by atoms with Crippen LogP contribution >= 0.6 is 34.0 Å². The van der Waals surface area contributed by atoms with Gasteiger partial charge in [-0.1, -0.05) is 23.5 Å². The maximum Gasteiger partial charge on any atom is 0.250 e. The van der Waals surface area contributed by atoms with Crippen molar-refractivity contribution in [2.24, 2.45) is 0 Å². The van der Waals surface area contributed by atoms with Gasteiger partial charge in [0.2, 0.25) is 11.0 Å². The van der Waals surface area contributed by atoms with Crippen LogP contribution in [0.15, 0.2) is 47.2 Å². The van der Waals surface area contributed by atoms with Crippen molar-refractivity contribution in [3.63, 3.8) is 0 Å². The van der Waals surface area contributed by atoms with Gasteiger partial charge in [0.1, 0.15) is 10.0 Å². The molecule has 0 aliphatic carbocycles. The Hall–Kier alpha value is -2.42. The van der Waals surface area contributed by atoms with E-state index in [1.807, 2.05) is 41.1 Å². The van der Waals surface area contributed by atoms with Gasteiger partial charge in [-0.2, -0.15) is 11.3 Å². The van der Waals surface area contributed by atoms with E-state index in [1.165, 1.54) is 17.4 Å². The summed E-state index contributed by atoms with van der Waals surface area (Å²) in [5, 5.41) is 16.9. The average Bonchev–Trinajstić information content (AvgIpc) is 3.32. The minimum absolute atomic E-state index is 0.248. The molecule has 0 aliphatic heterocycles. The van der Waals surface area contributed by atoms with E-state index >= 15 is 0 Å². The fraction of sp³-hybridized carbons (Fsp3) is 0. The van der Waals surface area contributed by atoms with E-state index in [1.54, 1.807) is 28.7 Å². The molecule has 0 radical (unpaired) electrons. The summed E-state index contributed by atoms with van der Waals surface area (Å²) in [7, 11) is 0. The Morgan fingerprint density at radius 2 is 2.04 bits per heavy atom. The number of amides is 1. The molecule has 5 nitrogen and oxygen atoms in total. The quantitative estimate of drug-likeness (QED) is 0.536. The summed E-state index contributed by atoms with van der Waals surface area (Å²) < 4.78 is 1.10. The average molecular weight is 370 g/mol. The lowest BCUT2D eigenvalue weighted by atomic mass is 10.3. The zero-order valence-electron chi connectivity index (χ0n) is 12.2. The zero-order chi connectivity index (χ0) is 16.4. The van der Waals surface area contributed by atoms with Crippen LogP contribution in [-0.2, 0) is 4.79 Å². The third-order valence-corrected chi connectivity index (χ3v) is 5.68. The van der Waals surface area contributed by atoms with Crippen molar-refractivity contribution in [1.82, 2.24) is 15.2 Å². The fourth-order valence-electron chi connectivity index (χ4n) is 2.03. The molecule has 0 bridgehead atoms. The van der Waals surface area contributed by atoms with E-state index in [9.17, 15) is 4.79 Å². The molecule has 24 heavy (non-hydrogen) atoms. The van der Waals surface area contributed by atoms with Crippen molar-refractivity contribution < 1.29 is 4.79 Å². The monoisotopic (exact) mass is 370 g/mol. The highest BCUT2D eigenvalue weighted by Crippen LogP contribution is 2.28. The molecule has 3 heterocycles. The van der Waals surface area contributed by atoms with Gasteiger partial charge in [0.15, 0.2) is 0 Å². The molecule has 4 aromatic rings.